The van der Waals surface area contributed by atoms with Crippen LogP contribution in [0.5, 0.6) is 23.0 Å². The molecule has 0 heterocycles. The fourth-order valence-electron chi connectivity index (χ4n) is 4.19. The zero-order valence-electron chi connectivity index (χ0n) is 19.1. The van der Waals surface area contributed by atoms with Crippen LogP contribution in [0.1, 0.15) is 36.4 Å². The Morgan fingerprint density at radius 2 is 1.79 bits per heavy atom. The Kier molecular flexibility index (Phi) is 8.05. The van der Waals surface area contributed by atoms with Crippen LogP contribution in [-0.4, -0.2) is 46.1 Å². The van der Waals surface area contributed by atoms with Crippen LogP contribution in [0.4, 0.5) is 0 Å². The molecular weight excluding hydrogens is 450 g/mol. The number of halogens is 1. The van der Waals surface area contributed by atoms with Gasteiger partial charge in [-0.3, -0.25) is 9.59 Å². The summed E-state index contributed by atoms with van der Waals surface area (Å²) in [4.78, 5) is 25.3. The molecule has 2 aromatic rings. The highest BCUT2D eigenvalue weighted by Crippen LogP contribution is 2.54. The van der Waals surface area contributed by atoms with Gasteiger partial charge in [-0.25, -0.2) is 0 Å². The highest BCUT2D eigenvalue weighted by Gasteiger charge is 2.32. The third kappa shape index (κ3) is 4.72. The van der Waals surface area contributed by atoms with E-state index in [0.717, 1.165) is 5.56 Å². The van der Waals surface area contributed by atoms with E-state index in [1.807, 2.05) is 0 Å². The molecule has 0 bridgehead atoms. The van der Waals surface area contributed by atoms with Crippen molar-refractivity contribution in [3.8, 4) is 34.1 Å². The Morgan fingerprint density at radius 1 is 1.09 bits per heavy atom. The van der Waals surface area contributed by atoms with Crippen molar-refractivity contribution < 1.29 is 28.8 Å². The molecule has 0 unspecified atom stereocenters. The van der Waals surface area contributed by atoms with E-state index in [2.05, 4.69) is 5.32 Å². The normalized spacial score (nSPS) is 14.4. The zero-order valence-corrected chi connectivity index (χ0v) is 19.9. The molecule has 0 saturated heterocycles. The Bertz CT molecular complexity index is 1100. The van der Waals surface area contributed by atoms with E-state index in [4.69, 9.17) is 35.7 Å². The largest absolute Gasteiger partial charge is 0.493 e. The number of fused-ring (bicyclic) bond motifs is 3. The van der Waals surface area contributed by atoms with Gasteiger partial charge in [-0.1, -0.05) is 17.7 Å². The molecule has 0 radical (unpaired) electrons. The molecule has 8 nitrogen and oxygen atoms in total. The van der Waals surface area contributed by atoms with Crippen molar-refractivity contribution in [1.29, 1.82) is 0 Å². The summed E-state index contributed by atoms with van der Waals surface area (Å²) in [5, 5.41) is 12.4. The molecule has 178 valence electrons. The van der Waals surface area contributed by atoms with Gasteiger partial charge < -0.3 is 29.4 Å². The van der Waals surface area contributed by atoms with E-state index in [-0.39, 0.29) is 30.1 Å². The minimum Gasteiger partial charge on any atom is -0.493 e. The molecule has 33 heavy (non-hydrogen) atoms. The Labute approximate surface area is 197 Å². The molecule has 1 atom stereocenters. The molecule has 0 aromatic heterocycles. The maximum atomic E-state index is 12.8. The third-order valence-electron chi connectivity index (χ3n) is 5.70. The number of aliphatic hydroxyl groups excluding tert-OH is 1. The minimum absolute atomic E-state index is 0.0800. The summed E-state index contributed by atoms with van der Waals surface area (Å²) >= 11 is 6.76. The number of carbonyl (C=O) groups excluding carboxylic acids is 1. The lowest BCUT2D eigenvalue weighted by atomic mass is 9.95. The Morgan fingerprint density at radius 3 is 2.39 bits per heavy atom. The van der Waals surface area contributed by atoms with Gasteiger partial charge in [0.15, 0.2) is 17.2 Å². The van der Waals surface area contributed by atoms with Crippen LogP contribution in [0.25, 0.3) is 11.1 Å². The van der Waals surface area contributed by atoms with Gasteiger partial charge in [0.2, 0.25) is 17.1 Å². The van der Waals surface area contributed by atoms with E-state index in [9.17, 15) is 9.59 Å². The van der Waals surface area contributed by atoms with Gasteiger partial charge in [0.05, 0.1) is 39.5 Å². The molecule has 2 N–H and O–H groups in total. The first kappa shape index (κ1) is 24.7. The number of aliphatic hydroxyl groups is 1. The van der Waals surface area contributed by atoms with Crippen LogP contribution >= 0.6 is 11.6 Å². The SMILES string of the molecule is COc1c(Cl)c2c(c(OC)c1OC)-c1ccc(OC)c(=O)cc1[C@@H](NC(=O)CCCO)CC2. The molecule has 3 rings (SSSR count). The van der Waals surface area contributed by atoms with Crippen molar-refractivity contribution in [3.05, 3.63) is 44.6 Å². The van der Waals surface area contributed by atoms with Crippen LogP contribution in [-0.2, 0) is 11.2 Å². The molecule has 1 amide bonds. The van der Waals surface area contributed by atoms with Crippen molar-refractivity contribution in [3.63, 3.8) is 0 Å². The Balaban J connectivity index is 2.34. The van der Waals surface area contributed by atoms with Crippen molar-refractivity contribution in [1.82, 2.24) is 5.32 Å². The predicted octanol–water partition coefficient (Wildman–Crippen LogP) is 3.28. The number of methoxy groups -OCH3 is 4. The lowest BCUT2D eigenvalue weighted by Crippen LogP contribution is -2.29. The van der Waals surface area contributed by atoms with Crippen molar-refractivity contribution in [2.45, 2.75) is 31.7 Å². The summed E-state index contributed by atoms with van der Waals surface area (Å²) in [6, 6.07) is 4.35. The molecule has 1 aliphatic rings. The van der Waals surface area contributed by atoms with E-state index in [1.165, 1.54) is 34.5 Å². The van der Waals surface area contributed by atoms with Gasteiger partial charge in [0.1, 0.15) is 0 Å². The molecule has 1 aliphatic carbocycles. The summed E-state index contributed by atoms with van der Waals surface area (Å²) in [7, 11) is 5.94. The molecule has 0 fully saturated rings. The zero-order chi connectivity index (χ0) is 24.1. The maximum Gasteiger partial charge on any atom is 0.220 e. The van der Waals surface area contributed by atoms with Crippen LogP contribution in [0, 0.1) is 0 Å². The van der Waals surface area contributed by atoms with Crippen molar-refractivity contribution in [2.75, 3.05) is 35.0 Å². The lowest BCUT2D eigenvalue weighted by molar-refractivity contribution is -0.122. The van der Waals surface area contributed by atoms with Gasteiger partial charge in [0, 0.05) is 18.6 Å². The highest BCUT2D eigenvalue weighted by molar-refractivity contribution is 6.34. The molecule has 0 aliphatic heterocycles. The number of hydrogen-bond acceptors (Lipinski definition) is 7. The number of carbonyl (C=O) groups is 1. The topological polar surface area (TPSA) is 103 Å². The van der Waals surface area contributed by atoms with E-state index < -0.39 is 6.04 Å². The van der Waals surface area contributed by atoms with Crippen molar-refractivity contribution >= 4 is 17.5 Å². The van der Waals surface area contributed by atoms with Gasteiger partial charge in [-0.2, -0.15) is 0 Å². The average Bonchev–Trinajstić information content (AvgIpc) is 3.06. The van der Waals surface area contributed by atoms with Gasteiger partial charge >= 0.3 is 0 Å². The second-order valence-corrected chi connectivity index (χ2v) is 7.91. The number of ether oxygens (including phenoxy) is 4. The van der Waals surface area contributed by atoms with E-state index in [1.54, 1.807) is 12.1 Å². The van der Waals surface area contributed by atoms with Crippen LogP contribution in [0.3, 0.4) is 0 Å². The smallest absolute Gasteiger partial charge is 0.220 e. The summed E-state index contributed by atoms with van der Waals surface area (Å²) in [6.45, 7) is -0.0800. The number of rotatable bonds is 8. The van der Waals surface area contributed by atoms with E-state index >= 15 is 0 Å². The molecule has 0 saturated carbocycles. The highest BCUT2D eigenvalue weighted by atomic mass is 35.5. The third-order valence-corrected chi connectivity index (χ3v) is 6.10. The second kappa shape index (κ2) is 10.8. The van der Waals surface area contributed by atoms with Gasteiger partial charge in [-0.15, -0.1) is 0 Å². The fraction of sp³-hybridized carbons (Fsp3) is 0.417. The number of benzene rings is 1. The fourth-order valence-corrected chi connectivity index (χ4v) is 4.55. The second-order valence-electron chi connectivity index (χ2n) is 7.53. The van der Waals surface area contributed by atoms with Crippen molar-refractivity contribution in [2.24, 2.45) is 0 Å². The molecule has 9 heteroatoms. The summed E-state index contributed by atoms with van der Waals surface area (Å²) in [5.41, 5.74) is 2.38. The number of hydrogen-bond donors (Lipinski definition) is 2. The first-order chi connectivity index (χ1) is 15.9. The van der Waals surface area contributed by atoms with Gasteiger partial charge in [0.25, 0.3) is 0 Å². The first-order valence-electron chi connectivity index (χ1n) is 10.5. The lowest BCUT2D eigenvalue weighted by Gasteiger charge is -2.21. The summed E-state index contributed by atoms with van der Waals surface area (Å²) in [5.74, 6) is 1.05. The number of amides is 1. The summed E-state index contributed by atoms with van der Waals surface area (Å²) < 4.78 is 22.1. The summed E-state index contributed by atoms with van der Waals surface area (Å²) in [6.07, 6.45) is 1.49. The van der Waals surface area contributed by atoms with Gasteiger partial charge in [-0.05, 0) is 48.1 Å². The maximum absolute atomic E-state index is 12.8. The van der Waals surface area contributed by atoms with E-state index in [0.29, 0.717) is 58.2 Å². The standard InChI is InChI=1S/C24H28ClNO7/c1-30-18-10-8-13-15(12-17(18)28)16(26-19(29)6-5-11-27)9-7-14-20(13)22(31-2)24(33-4)23(32-3)21(14)25/h8,10,12,16,27H,5-7,9,11H2,1-4H3,(H,26,29)/t16-/m0/s1. The monoisotopic (exact) mass is 477 g/mol. The number of nitrogens with one attached hydrogen (secondary N) is 1. The Hall–Kier alpha value is -2.97. The van der Waals surface area contributed by atoms with Crippen LogP contribution < -0.4 is 29.7 Å². The molecule has 0 spiro atoms. The molecule has 2 aromatic carbocycles. The molecular formula is C24H28ClNO7. The average molecular weight is 478 g/mol. The predicted molar refractivity (Wildman–Crippen MR) is 125 cm³/mol. The minimum atomic E-state index is -0.471. The van der Waals surface area contributed by atoms with Crippen LogP contribution in [0.15, 0.2) is 23.0 Å². The first-order valence-corrected chi connectivity index (χ1v) is 10.9. The quantitative estimate of drug-likeness (QED) is 0.601. The van der Waals surface area contributed by atoms with Crippen LogP contribution in [0.2, 0.25) is 5.02 Å².